The highest BCUT2D eigenvalue weighted by molar-refractivity contribution is 6.28. The largest absolute Gasteiger partial charge is 0.309 e. The Kier molecular flexibility index (Phi) is 10.7. The van der Waals surface area contributed by atoms with Gasteiger partial charge in [0.05, 0.1) is 27.9 Å². The first-order chi connectivity index (χ1) is 35.9. The molecule has 0 fully saturated rings. The number of benzene rings is 11. The van der Waals surface area contributed by atoms with Crippen LogP contribution in [0.4, 0.5) is 34.1 Å². The summed E-state index contributed by atoms with van der Waals surface area (Å²) in [5.74, 6) is 0. The number of hydrogen-bond donors (Lipinski definition) is 0. The molecule has 0 N–H and O–H groups in total. The topological polar surface area (TPSA) is 10.9 Å². The Morgan fingerprint density at radius 1 is 0.247 bits per heavy atom. The van der Waals surface area contributed by atoms with Gasteiger partial charge in [0.25, 0.3) is 0 Å². The number of fused-ring (bicyclic) bond motifs is 6. The summed E-state index contributed by atoms with van der Waals surface area (Å²) in [6, 6.07) is 91.4. The average Bonchev–Trinajstić information content (AvgIpc) is 3.98. The number of anilines is 6. The zero-order valence-corrected chi connectivity index (χ0v) is 41.5. The van der Waals surface area contributed by atoms with Gasteiger partial charge in [-0.1, -0.05) is 200 Å². The van der Waals surface area contributed by atoms with Crippen LogP contribution in [0.25, 0.3) is 82.6 Å². The molecule has 0 saturated carbocycles. The number of aryl methyl sites for hydroxylation is 4. The molecule has 0 bridgehead atoms. The minimum absolute atomic E-state index is 1.14. The van der Waals surface area contributed by atoms with Gasteiger partial charge in [0, 0.05) is 44.3 Å². The third-order valence-electron chi connectivity index (χ3n) is 15.0. The van der Waals surface area contributed by atoms with E-state index in [0.29, 0.717) is 0 Å². The van der Waals surface area contributed by atoms with Crippen molar-refractivity contribution in [2.75, 3.05) is 9.80 Å². The summed E-state index contributed by atoms with van der Waals surface area (Å²) in [6.07, 6.45) is 0. The second kappa shape index (κ2) is 17.9. The molecule has 0 aliphatic carbocycles. The summed E-state index contributed by atoms with van der Waals surface area (Å²) >= 11 is 0. The predicted molar refractivity (Wildman–Crippen MR) is 311 cm³/mol. The second-order valence-corrected chi connectivity index (χ2v) is 19.5. The van der Waals surface area contributed by atoms with Gasteiger partial charge in [-0.05, 0) is 143 Å². The van der Waals surface area contributed by atoms with Gasteiger partial charge in [-0.25, -0.2) is 0 Å². The summed E-state index contributed by atoms with van der Waals surface area (Å²) < 4.78 is 2.54. The molecule has 13 rings (SSSR count). The maximum Gasteiger partial charge on any atom is 0.0622 e. The molecule has 3 nitrogen and oxygen atoms in total. The van der Waals surface area contributed by atoms with Gasteiger partial charge in [0.2, 0.25) is 0 Å². The third-order valence-corrected chi connectivity index (χ3v) is 15.0. The van der Waals surface area contributed by atoms with Crippen molar-refractivity contribution < 1.29 is 0 Å². The van der Waals surface area contributed by atoms with Gasteiger partial charge in [0.1, 0.15) is 0 Å². The fourth-order valence-electron chi connectivity index (χ4n) is 11.3. The number of nitrogens with zero attached hydrogens (tertiary/aromatic N) is 3. The van der Waals surface area contributed by atoms with E-state index in [1.54, 1.807) is 0 Å². The predicted octanol–water partition coefficient (Wildman–Crippen LogP) is 19.7. The molecule has 348 valence electrons. The molecule has 13 aromatic rings. The van der Waals surface area contributed by atoms with E-state index >= 15 is 0 Å². The van der Waals surface area contributed by atoms with Crippen LogP contribution in [0.15, 0.2) is 249 Å². The molecule has 0 amide bonds. The van der Waals surface area contributed by atoms with Gasteiger partial charge < -0.3 is 14.2 Å². The van der Waals surface area contributed by atoms with E-state index in [1.807, 2.05) is 0 Å². The van der Waals surface area contributed by atoms with Crippen LogP contribution in [0.1, 0.15) is 22.3 Å². The van der Waals surface area contributed by atoms with Crippen LogP contribution in [-0.2, 0) is 0 Å². The lowest BCUT2D eigenvalue weighted by Crippen LogP contribution is -2.14. The lowest BCUT2D eigenvalue weighted by Gasteiger charge is -2.31. The van der Waals surface area contributed by atoms with E-state index in [0.717, 1.165) is 34.1 Å². The minimum Gasteiger partial charge on any atom is -0.309 e. The molecule has 0 spiro atoms. The quantitative estimate of drug-likeness (QED) is 0.135. The molecule has 0 radical (unpaired) electrons. The lowest BCUT2D eigenvalue weighted by atomic mass is 9.97. The Bertz CT molecular complexity index is 3730. The zero-order valence-electron chi connectivity index (χ0n) is 41.5. The van der Waals surface area contributed by atoms with Crippen molar-refractivity contribution in [2.24, 2.45) is 0 Å². The Hall–Kier alpha value is -9.18. The molecule has 0 aliphatic rings. The SMILES string of the molecule is Cc1ccc(-c2ccccc2)cc1N(c1cc(-c2ccccc2)ccc1C)c1cccc2c1c1cccc3c4c(N(c5cc(-c6ccccc6)ccc5C)c5cc(-c6ccccc6)ccc5C)cccc4n2c13. The van der Waals surface area contributed by atoms with E-state index < -0.39 is 0 Å². The van der Waals surface area contributed by atoms with E-state index in [4.69, 9.17) is 0 Å². The van der Waals surface area contributed by atoms with Gasteiger partial charge in [0.15, 0.2) is 0 Å². The number of hydrogen-bond acceptors (Lipinski definition) is 2. The van der Waals surface area contributed by atoms with Gasteiger partial charge in [-0.15, -0.1) is 0 Å². The maximum atomic E-state index is 2.54. The normalized spacial score (nSPS) is 11.6. The summed E-state index contributed by atoms with van der Waals surface area (Å²) in [6.45, 7) is 8.98. The Morgan fingerprint density at radius 2 is 0.534 bits per heavy atom. The average molecular weight is 936 g/mol. The van der Waals surface area contributed by atoms with E-state index in [1.165, 1.54) is 105 Å². The molecule has 0 saturated heterocycles. The van der Waals surface area contributed by atoms with Gasteiger partial charge in [-0.3, -0.25) is 0 Å². The maximum absolute atomic E-state index is 2.54. The van der Waals surface area contributed by atoms with Crippen molar-refractivity contribution in [1.82, 2.24) is 4.40 Å². The Morgan fingerprint density at radius 3 is 0.836 bits per heavy atom. The van der Waals surface area contributed by atoms with Crippen molar-refractivity contribution in [3.8, 4) is 44.5 Å². The molecular weight excluding hydrogens is 883 g/mol. The molecule has 2 aromatic heterocycles. The van der Waals surface area contributed by atoms with Crippen molar-refractivity contribution in [2.45, 2.75) is 27.7 Å². The summed E-state index contributed by atoms with van der Waals surface area (Å²) in [4.78, 5) is 5.07. The standard InChI is InChI=1S/C70H53N3/c1-46-34-38-54(50-20-9-5-10-21-50)42-64(46)71(65-43-55(39-35-47(65)2)51-22-11-6-12-23-51)60-30-18-32-62-68(60)58-28-17-29-59-69-61(31-19-33-63(69)73(62)70(58)59)72(66-44-56(40-36-48(66)3)52-24-13-7-14-25-52)67-45-57(41-37-49(67)4)53-26-15-8-16-27-53/h5-45H,1-4H3. The van der Waals surface area contributed by atoms with Gasteiger partial charge in [-0.2, -0.15) is 0 Å². The number of aromatic nitrogens is 1. The molecule has 0 unspecified atom stereocenters. The fourth-order valence-corrected chi connectivity index (χ4v) is 11.3. The minimum atomic E-state index is 1.14. The highest BCUT2D eigenvalue weighted by atomic mass is 15.2. The smallest absolute Gasteiger partial charge is 0.0622 e. The highest BCUT2D eigenvalue weighted by Gasteiger charge is 2.28. The molecule has 73 heavy (non-hydrogen) atoms. The van der Waals surface area contributed by atoms with Crippen LogP contribution in [0.3, 0.4) is 0 Å². The number of para-hydroxylation sites is 1. The monoisotopic (exact) mass is 935 g/mol. The van der Waals surface area contributed by atoms with E-state index in [2.05, 4.69) is 291 Å². The van der Waals surface area contributed by atoms with E-state index in [9.17, 15) is 0 Å². The first-order valence-electron chi connectivity index (χ1n) is 25.3. The van der Waals surface area contributed by atoms with Crippen LogP contribution in [0.5, 0.6) is 0 Å². The molecular formula is C70H53N3. The van der Waals surface area contributed by atoms with Crippen molar-refractivity contribution in [1.29, 1.82) is 0 Å². The molecule has 0 atom stereocenters. The van der Waals surface area contributed by atoms with Crippen LogP contribution >= 0.6 is 0 Å². The molecule has 0 aliphatic heterocycles. The summed E-state index contributed by atoms with van der Waals surface area (Å²) in [7, 11) is 0. The van der Waals surface area contributed by atoms with Crippen LogP contribution in [0.2, 0.25) is 0 Å². The zero-order chi connectivity index (χ0) is 49.2. The van der Waals surface area contributed by atoms with Crippen LogP contribution in [-0.4, -0.2) is 4.40 Å². The third kappa shape index (κ3) is 7.43. The molecule has 3 heteroatoms. The second-order valence-electron chi connectivity index (χ2n) is 19.5. The first kappa shape index (κ1) is 43.8. The summed E-state index contributed by atoms with van der Waals surface area (Å²) in [5, 5.41) is 4.89. The van der Waals surface area contributed by atoms with Crippen molar-refractivity contribution >= 4 is 72.2 Å². The molecule has 11 aromatic carbocycles. The van der Waals surface area contributed by atoms with E-state index in [-0.39, 0.29) is 0 Å². The molecule has 2 heterocycles. The highest BCUT2D eigenvalue weighted by Crippen LogP contribution is 2.52. The van der Waals surface area contributed by atoms with Gasteiger partial charge >= 0.3 is 0 Å². The number of rotatable bonds is 10. The fraction of sp³-hybridized carbons (Fsp3) is 0.0571. The lowest BCUT2D eigenvalue weighted by molar-refractivity contribution is 1.23. The van der Waals surface area contributed by atoms with Crippen molar-refractivity contribution in [3.05, 3.63) is 271 Å². The first-order valence-corrected chi connectivity index (χ1v) is 25.3. The summed E-state index contributed by atoms with van der Waals surface area (Å²) in [5.41, 5.74) is 24.7. The Balaban J connectivity index is 1.08. The Labute approximate surface area is 427 Å². The van der Waals surface area contributed by atoms with Crippen molar-refractivity contribution in [3.63, 3.8) is 0 Å². The van der Waals surface area contributed by atoms with Crippen LogP contribution < -0.4 is 9.80 Å². The van der Waals surface area contributed by atoms with Crippen LogP contribution in [0, 0.1) is 27.7 Å².